The lowest BCUT2D eigenvalue weighted by atomic mass is 10.0. The molecule has 20 heavy (non-hydrogen) atoms. The molecule has 0 aromatic heterocycles. The Hall–Kier alpha value is -0.430. The van der Waals surface area contributed by atoms with Crippen LogP contribution in [0.25, 0.3) is 0 Å². The minimum absolute atomic E-state index is 0.100. The van der Waals surface area contributed by atoms with Gasteiger partial charge in [-0.2, -0.15) is 0 Å². The van der Waals surface area contributed by atoms with E-state index in [9.17, 15) is 8.42 Å². The molecule has 0 bridgehead atoms. The molecule has 0 aliphatic heterocycles. The molecule has 0 saturated heterocycles. The molecule has 1 N–H and O–H groups in total. The van der Waals surface area contributed by atoms with Gasteiger partial charge in [0.1, 0.15) is 0 Å². The van der Waals surface area contributed by atoms with Crippen LogP contribution in [0.5, 0.6) is 0 Å². The maximum absolute atomic E-state index is 12.4. The number of nitrogens with one attached hydrogen (secondary N) is 1. The molecule has 1 aliphatic carbocycles. The molecular weight excluding hydrogens is 342 g/mol. The third-order valence-electron chi connectivity index (χ3n) is 3.87. The first-order valence-corrected chi connectivity index (χ1v) is 8.91. The standard InChI is InChI=1S/C14H20BrNO3S/c1-11-3-4-12(15)9-13(11)20(17,18)16-10-14(5-6-14)7-8-19-2/h3-4,9,16H,5-8,10H2,1-2H3. The molecule has 0 amide bonds. The van der Waals surface area contributed by atoms with Crippen LogP contribution in [0.1, 0.15) is 24.8 Å². The van der Waals surface area contributed by atoms with Gasteiger partial charge in [-0.05, 0) is 49.3 Å². The fraction of sp³-hybridized carbons (Fsp3) is 0.571. The predicted octanol–water partition coefficient (Wildman–Crippen LogP) is 2.85. The lowest BCUT2D eigenvalue weighted by molar-refractivity contribution is 0.173. The van der Waals surface area contributed by atoms with Crippen molar-refractivity contribution >= 4 is 26.0 Å². The van der Waals surface area contributed by atoms with E-state index < -0.39 is 10.0 Å². The highest BCUT2D eigenvalue weighted by atomic mass is 79.9. The predicted molar refractivity (Wildman–Crippen MR) is 82.2 cm³/mol. The highest BCUT2D eigenvalue weighted by Gasteiger charge is 2.42. The van der Waals surface area contributed by atoms with Gasteiger partial charge in [0.25, 0.3) is 0 Å². The number of rotatable bonds is 7. The molecule has 1 aromatic rings. The molecule has 2 rings (SSSR count). The third-order valence-corrected chi connectivity index (χ3v) is 5.91. The van der Waals surface area contributed by atoms with Crippen LogP contribution >= 0.6 is 15.9 Å². The van der Waals surface area contributed by atoms with E-state index >= 15 is 0 Å². The summed E-state index contributed by atoms with van der Waals surface area (Å²) in [5, 5.41) is 0. The van der Waals surface area contributed by atoms with Crippen molar-refractivity contribution < 1.29 is 13.2 Å². The molecular formula is C14H20BrNO3S. The Balaban J connectivity index is 2.06. The van der Waals surface area contributed by atoms with Crippen molar-refractivity contribution in [3.05, 3.63) is 28.2 Å². The van der Waals surface area contributed by atoms with Crippen LogP contribution in [0.3, 0.4) is 0 Å². The number of hydrogen-bond acceptors (Lipinski definition) is 3. The summed E-state index contributed by atoms with van der Waals surface area (Å²) in [4.78, 5) is 0.342. The molecule has 1 aliphatic rings. The number of methoxy groups -OCH3 is 1. The zero-order valence-electron chi connectivity index (χ0n) is 11.8. The van der Waals surface area contributed by atoms with Crippen LogP contribution in [-0.2, 0) is 14.8 Å². The Morgan fingerprint density at radius 3 is 2.70 bits per heavy atom. The molecule has 1 aromatic carbocycles. The quantitative estimate of drug-likeness (QED) is 0.812. The van der Waals surface area contributed by atoms with Gasteiger partial charge < -0.3 is 4.74 Å². The van der Waals surface area contributed by atoms with Crippen molar-refractivity contribution in [1.29, 1.82) is 0 Å². The minimum atomic E-state index is -3.45. The third kappa shape index (κ3) is 3.81. The number of benzene rings is 1. The first kappa shape index (κ1) is 15.9. The number of sulfonamides is 1. The molecule has 1 fully saturated rings. The molecule has 0 radical (unpaired) electrons. The van der Waals surface area contributed by atoms with E-state index in [1.54, 1.807) is 26.2 Å². The van der Waals surface area contributed by atoms with Gasteiger partial charge in [-0.3, -0.25) is 0 Å². The average Bonchev–Trinajstić information content (AvgIpc) is 3.18. The molecule has 112 valence electrons. The Morgan fingerprint density at radius 1 is 1.40 bits per heavy atom. The Bertz CT molecular complexity index is 582. The van der Waals surface area contributed by atoms with Crippen LogP contribution in [0, 0.1) is 12.3 Å². The van der Waals surface area contributed by atoms with Gasteiger partial charge >= 0.3 is 0 Å². The SMILES string of the molecule is COCCC1(CNS(=O)(=O)c2cc(Br)ccc2C)CC1. The largest absolute Gasteiger partial charge is 0.385 e. The second-order valence-electron chi connectivity index (χ2n) is 5.48. The molecule has 1 saturated carbocycles. The monoisotopic (exact) mass is 361 g/mol. The Kier molecular flexibility index (Phi) is 4.89. The Labute approximate surface area is 129 Å². The second-order valence-corrected chi connectivity index (χ2v) is 8.13. The topological polar surface area (TPSA) is 55.4 Å². The average molecular weight is 362 g/mol. The highest BCUT2D eigenvalue weighted by Crippen LogP contribution is 2.48. The number of halogens is 1. The van der Waals surface area contributed by atoms with Crippen molar-refractivity contribution in [3.8, 4) is 0 Å². The van der Waals surface area contributed by atoms with Gasteiger partial charge in [0, 0.05) is 24.7 Å². The maximum atomic E-state index is 12.4. The van der Waals surface area contributed by atoms with E-state index in [1.165, 1.54) is 0 Å². The van der Waals surface area contributed by atoms with E-state index in [-0.39, 0.29) is 5.41 Å². The summed E-state index contributed by atoms with van der Waals surface area (Å²) in [6.07, 6.45) is 3.04. The van der Waals surface area contributed by atoms with Gasteiger partial charge in [-0.25, -0.2) is 13.1 Å². The zero-order valence-corrected chi connectivity index (χ0v) is 14.2. The maximum Gasteiger partial charge on any atom is 0.240 e. The van der Waals surface area contributed by atoms with Crippen molar-refractivity contribution in [2.45, 2.75) is 31.1 Å². The van der Waals surface area contributed by atoms with Crippen molar-refractivity contribution in [1.82, 2.24) is 4.72 Å². The summed E-state index contributed by atoms with van der Waals surface area (Å²) in [7, 11) is -1.78. The smallest absolute Gasteiger partial charge is 0.240 e. The molecule has 6 heteroatoms. The molecule has 4 nitrogen and oxygen atoms in total. The summed E-state index contributed by atoms with van der Waals surface area (Å²) in [5.74, 6) is 0. The van der Waals surface area contributed by atoms with E-state index in [0.29, 0.717) is 18.0 Å². The van der Waals surface area contributed by atoms with Crippen molar-refractivity contribution in [2.75, 3.05) is 20.3 Å². The summed E-state index contributed by atoms with van der Waals surface area (Å²) < 4.78 is 33.4. The molecule has 0 unspecified atom stereocenters. The normalized spacial score (nSPS) is 17.1. The number of hydrogen-bond donors (Lipinski definition) is 1. The van der Waals surface area contributed by atoms with Crippen molar-refractivity contribution in [2.24, 2.45) is 5.41 Å². The lowest BCUT2D eigenvalue weighted by Crippen LogP contribution is -2.31. The summed E-state index contributed by atoms with van der Waals surface area (Å²) in [6.45, 7) is 2.97. The minimum Gasteiger partial charge on any atom is -0.385 e. The second kappa shape index (κ2) is 6.13. The van der Waals surface area contributed by atoms with E-state index in [2.05, 4.69) is 20.7 Å². The van der Waals surface area contributed by atoms with Crippen molar-refractivity contribution in [3.63, 3.8) is 0 Å². The Morgan fingerprint density at radius 2 is 2.10 bits per heavy atom. The fourth-order valence-corrected chi connectivity index (χ4v) is 4.14. The van der Waals surface area contributed by atoms with Gasteiger partial charge in [-0.15, -0.1) is 0 Å². The fourth-order valence-electron chi connectivity index (χ4n) is 2.20. The van der Waals surface area contributed by atoms with Crippen LogP contribution < -0.4 is 4.72 Å². The van der Waals surface area contributed by atoms with Gasteiger partial charge in [-0.1, -0.05) is 22.0 Å². The zero-order chi connectivity index (χ0) is 14.8. The van der Waals surface area contributed by atoms with Gasteiger partial charge in [0.05, 0.1) is 4.90 Å². The molecule has 0 atom stereocenters. The summed E-state index contributed by atoms with van der Waals surface area (Å²) in [6, 6.07) is 5.29. The van der Waals surface area contributed by atoms with E-state index in [0.717, 1.165) is 29.3 Å². The first-order chi connectivity index (χ1) is 9.38. The lowest BCUT2D eigenvalue weighted by Gasteiger charge is -2.16. The van der Waals surface area contributed by atoms with Crippen LogP contribution in [0.2, 0.25) is 0 Å². The number of aryl methyl sites for hydroxylation is 1. The first-order valence-electron chi connectivity index (χ1n) is 6.63. The van der Waals surface area contributed by atoms with Crippen LogP contribution in [-0.4, -0.2) is 28.7 Å². The highest BCUT2D eigenvalue weighted by molar-refractivity contribution is 9.10. The van der Waals surface area contributed by atoms with Gasteiger partial charge in [0.2, 0.25) is 10.0 Å². The molecule has 0 heterocycles. The van der Waals surface area contributed by atoms with E-state index in [1.807, 2.05) is 6.07 Å². The summed E-state index contributed by atoms with van der Waals surface area (Å²) in [5.41, 5.74) is 0.852. The van der Waals surface area contributed by atoms with E-state index in [4.69, 9.17) is 4.74 Å². The van der Waals surface area contributed by atoms with Crippen LogP contribution in [0.15, 0.2) is 27.6 Å². The molecule has 0 spiro atoms. The number of ether oxygens (including phenoxy) is 1. The van der Waals surface area contributed by atoms with Crippen LogP contribution in [0.4, 0.5) is 0 Å². The van der Waals surface area contributed by atoms with Gasteiger partial charge in [0.15, 0.2) is 0 Å². The summed E-state index contributed by atoms with van der Waals surface area (Å²) >= 11 is 3.32.